The highest BCUT2D eigenvalue weighted by molar-refractivity contribution is 14.1. The van der Waals surface area contributed by atoms with Gasteiger partial charge in [0.1, 0.15) is 5.75 Å². The van der Waals surface area contributed by atoms with Crippen molar-refractivity contribution in [3.05, 3.63) is 26.3 Å². The van der Waals surface area contributed by atoms with Crippen LogP contribution in [0.3, 0.4) is 0 Å². The molecule has 0 aliphatic heterocycles. The van der Waals surface area contributed by atoms with Crippen LogP contribution in [-0.4, -0.2) is 7.11 Å². The average molecular weight is 323 g/mol. The topological polar surface area (TPSA) is 9.23 Å². The SMILES string of the molecule is COc1cc(Cl)c(C2(C)CC2)cc1I. The third-order valence-corrected chi connectivity index (χ3v) is 4.05. The van der Waals surface area contributed by atoms with Crippen LogP contribution in [0.5, 0.6) is 5.75 Å². The highest BCUT2D eigenvalue weighted by Gasteiger charge is 2.40. The molecule has 76 valence electrons. The Labute approximate surface area is 103 Å². The average Bonchev–Trinajstić information content (AvgIpc) is 2.88. The van der Waals surface area contributed by atoms with Gasteiger partial charge in [0.05, 0.1) is 10.7 Å². The van der Waals surface area contributed by atoms with E-state index in [0.717, 1.165) is 14.3 Å². The molecule has 1 aliphatic rings. The second-order valence-electron chi connectivity index (χ2n) is 4.03. The second kappa shape index (κ2) is 3.56. The lowest BCUT2D eigenvalue weighted by Gasteiger charge is -2.13. The van der Waals surface area contributed by atoms with Gasteiger partial charge in [-0.05, 0) is 52.5 Å². The highest BCUT2D eigenvalue weighted by Crippen LogP contribution is 2.51. The van der Waals surface area contributed by atoms with Crippen molar-refractivity contribution < 1.29 is 4.74 Å². The Morgan fingerprint density at radius 1 is 1.43 bits per heavy atom. The van der Waals surface area contributed by atoms with Crippen molar-refractivity contribution in [2.75, 3.05) is 7.11 Å². The molecule has 0 heterocycles. The van der Waals surface area contributed by atoms with E-state index in [9.17, 15) is 0 Å². The fraction of sp³-hybridized carbons (Fsp3) is 0.455. The van der Waals surface area contributed by atoms with Crippen LogP contribution in [0.2, 0.25) is 5.02 Å². The summed E-state index contributed by atoms with van der Waals surface area (Å²) in [4.78, 5) is 0. The molecule has 14 heavy (non-hydrogen) atoms. The summed E-state index contributed by atoms with van der Waals surface area (Å²) in [7, 11) is 1.67. The maximum absolute atomic E-state index is 6.22. The van der Waals surface area contributed by atoms with E-state index in [0.29, 0.717) is 5.41 Å². The zero-order chi connectivity index (χ0) is 10.3. The molecule has 0 amide bonds. The summed E-state index contributed by atoms with van der Waals surface area (Å²) in [6, 6.07) is 4.07. The van der Waals surface area contributed by atoms with Gasteiger partial charge in [0.15, 0.2) is 0 Å². The molecule has 0 spiro atoms. The Balaban J connectivity index is 2.48. The lowest BCUT2D eigenvalue weighted by molar-refractivity contribution is 0.411. The monoisotopic (exact) mass is 322 g/mol. The van der Waals surface area contributed by atoms with Crippen LogP contribution >= 0.6 is 34.2 Å². The molecule has 0 radical (unpaired) electrons. The first kappa shape index (κ1) is 10.6. The van der Waals surface area contributed by atoms with Crippen molar-refractivity contribution in [2.45, 2.75) is 25.2 Å². The van der Waals surface area contributed by atoms with Gasteiger partial charge in [0.2, 0.25) is 0 Å². The van der Waals surface area contributed by atoms with Gasteiger partial charge in [-0.15, -0.1) is 0 Å². The Morgan fingerprint density at radius 3 is 2.57 bits per heavy atom. The number of benzene rings is 1. The number of rotatable bonds is 2. The number of ether oxygens (including phenoxy) is 1. The van der Waals surface area contributed by atoms with Crippen molar-refractivity contribution >= 4 is 34.2 Å². The lowest BCUT2D eigenvalue weighted by Crippen LogP contribution is -2.02. The van der Waals surface area contributed by atoms with Crippen molar-refractivity contribution in [3.63, 3.8) is 0 Å². The first-order chi connectivity index (χ1) is 6.57. The fourth-order valence-electron chi connectivity index (χ4n) is 1.60. The molecule has 0 N–H and O–H groups in total. The van der Waals surface area contributed by atoms with Crippen molar-refractivity contribution in [1.29, 1.82) is 0 Å². The van der Waals surface area contributed by atoms with Crippen LogP contribution in [0.25, 0.3) is 0 Å². The van der Waals surface area contributed by atoms with Gasteiger partial charge in [-0.1, -0.05) is 18.5 Å². The molecule has 1 aromatic carbocycles. The largest absolute Gasteiger partial charge is 0.496 e. The number of hydrogen-bond donors (Lipinski definition) is 0. The summed E-state index contributed by atoms with van der Waals surface area (Å²) < 4.78 is 6.36. The van der Waals surface area contributed by atoms with E-state index < -0.39 is 0 Å². The summed E-state index contributed by atoms with van der Waals surface area (Å²) in [6.45, 7) is 2.26. The molecule has 1 nitrogen and oxygen atoms in total. The van der Waals surface area contributed by atoms with Crippen LogP contribution in [0, 0.1) is 3.57 Å². The minimum atomic E-state index is 0.323. The van der Waals surface area contributed by atoms with E-state index in [1.54, 1.807) is 7.11 Å². The van der Waals surface area contributed by atoms with Gasteiger partial charge in [-0.2, -0.15) is 0 Å². The maximum atomic E-state index is 6.22. The quantitative estimate of drug-likeness (QED) is 0.748. The smallest absolute Gasteiger partial charge is 0.133 e. The van der Waals surface area contributed by atoms with Crippen molar-refractivity contribution in [1.82, 2.24) is 0 Å². The standard InChI is InChI=1S/C11H12ClIO/c1-11(3-4-11)7-5-9(13)10(14-2)6-8(7)12/h5-6H,3-4H2,1-2H3. The predicted octanol–water partition coefficient (Wildman–Crippen LogP) is 4.00. The van der Waals surface area contributed by atoms with Gasteiger partial charge in [-0.25, -0.2) is 0 Å². The number of halogens is 2. The summed E-state index contributed by atoms with van der Waals surface area (Å²) in [6.07, 6.45) is 2.49. The van der Waals surface area contributed by atoms with Gasteiger partial charge in [0.25, 0.3) is 0 Å². The third-order valence-electron chi connectivity index (χ3n) is 2.89. The molecule has 0 unspecified atom stereocenters. The maximum Gasteiger partial charge on any atom is 0.133 e. The molecule has 1 aromatic rings. The van der Waals surface area contributed by atoms with Gasteiger partial charge in [-0.3, -0.25) is 0 Å². The van der Waals surface area contributed by atoms with Crippen LogP contribution < -0.4 is 4.74 Å². The Morgan fingerprint density at radius 2 is 2.07 bits per heavy atom. The van der Waals surface area contributed by atoms with Crippen LogP contribution in [-0.2, 0) is 5.41 Å². The van der Waals surface area contributed by atoms with E-state index in [1.807, 2.05) is 6.07 Å². The number of methoxy groups -OCH3 is 1. The molecule has 0 saturated heterocycles. The van der Waals surface area contributed by atoms with Gasteiger partial charge in [0, 0.05) is 11.1 Å². The zero-order valence-corrected chi connectivity index (χ0v) is 11.1. The van der Waals surface area contributed by atoms with Crippen LogP contribution in [0.4, 0.5) is 0 Å². The number of hydrogen-bond acceptors (Lipinski definition) is 1. The van der Waals surface area contributed by atoms with Gasteiger partial charge >= 0.3 is 0 Å². The van der Waals surface area contributed by atoms with Crippen molar-refractivity contribution in [3.8, 4) is 5.75 Å². The molecule has 2 rings (SSSR count). The summed E-state index contributed by atoms with van der Waals surface area (Å²) in [5.41, 5.74) is 1.59. The molecular weight excluding hydrogens is 310 g/mol. The Bertz CT molecular complexity index is 372. The molecule has 0 bridgehead atoms. The van der Waals surface area contributed by atoms with Crippen LogP contribution in [0.1, 0.15) is 25.3 Å². The molecular formula is C11H12ClIO. The molecule has 0 aromatic heterocycles. The minimum absolute atomic E-state index is 0.323. The van der Waals surface area contributed by atoms with E-state index in [4.69, 9.17) is 16.3 Å². The molecule has 3 heteroatoms. The molecule has 1 aliphatic carbocycles. The van der Waals surface area contributed by atoms with E-state index >= 15 is 0 Å². The highest BCUT2D eigenvalue weighted by atomic mass is 127. The van der Waals surface area contributed by atoms with Crippen molar-refractivity contribution in [2.24, 2.45) is 0 Å². The third kappa shape index (κ3) is 1.74. The van der Waals surface area contributed by atoms with Gasteiger partial charge < -0.3 is 4.74 Å². The van der Waals surface area contributed by atoms with E-state index in [2.05, 4.69) is 35.6 Å². The van der Waals surface area contributed by atoms with E-state index in [1.165, 1.54) is 18.4 Å². The summed E-state index contributed by atoms with van der Waals surface area (Å²) >= 11 is 8.51. The summed E-state index contributed by atoms with van der Waals surface area (Å²) in [5.74, 6) is 0.864. The molecule has 1 saturated carbocycles. The van der Waals surface area contributed by atoms with Crippen LogP contribution in [0.15, 0.2) is 12.1 Å². The first-order valence-corrected chi connectivity index (χ1v) is 6.06. The summed E-state index contributed by atoms with van der Waals surface area (Å²) in [5, 5.41) is 0.835. The molecule has 1 fully saturated rings. The fourth-order valence-corrected chi connectivity index (χ4v) is 2.67. The molecule has 0 atom stereocenters. The Hall–Kier alpha value is 0.0400. The zero-order valence-electron chi connectivity index (χ0n) is 8.23. The first-order valence-electron chi connectivity index (χ1n) is 4.60. The minimum Gasteiger partial charge on any atom is -0.496 e. The normalized spacial score (nSPS) is 18.0. The Kier molecular flexibility index (Phi) is 2.68. The van der Waals surface area contributed by atoms with E-state index in [-0.39, 0.29) is 0 Å². The lowest BCUT2D eigenvalue weighted by atomic mass is 9.98. The predicted molar refractivity (Wildman–Crippen MR) is 67.3 cm³/mol. The second-order valence-corrected chi connectivity index (χ2v) is 5.60.